The quantitative estimate of drug-likeness (QED) is 0.748. The minimum atomic E-state index is -0.565. The lowest BCUT2D eigenvalue weighted by molar-refractivity contribution is 0.0813. The minimum absolute atomic E-state index is 0.0488. The Labute approximate surface area is 108 Å². The number of ketones is 1. The number of carbonyl (C=O) groups is 1. The van der Waals surface area contributed by atoms with E-state index in [9.17, 15) is 9.90 Å². The van der Waals surface area contributed by atoms with Crippen molar-refractivity contribution in [3.63, 3.8) is 0 Å². The number of benzene rings is 1. The van der Waals surface area contributed by atoms with Crippen molar-refractivity contribution in [1.29, 1.82) is 0 Å². The summed E-state index contributed by atoms with van der Waals surface area (Å²) in [5, 5.41) is 9.72. The SMILES string of the molecule is CCC(=O)c1ccccc1OCC(O)CN(C)C. The van der Waals surface area contributed by atoms with Gasteiger partial charge in [-0.1, -0.05) is 19.1 Å². The number of aliphatic hydroxyl groups is 1. The first-order chi connectivity index (χ1) is 8.54. The van der Waals surface area contributed by atoms with E-state index in [0.29, 0.717) is 24.3 Å². The normalized spacial score (nSPS) is 12.5. The third-order valence-corrected chi connectivity index (χ3v) is 2.52. The van der Waals surface area contributed by atoms with Crippen LogP contribution in [0.25, 0.3) is 0 Å². The molecular weight excluding hydrogens is 230 g/mol. The highest BCUT2D eigenvalue weighted by Crippen LogP contribution is 2.19. The summed E-state index contributed by atoms with van der Waals surface area (Å²) in [6.45, 7) is 2.54. The number of Topliss-reactive ketones (excluding diaryl/α,β-unsaturated/α-hetero) is 1. The molecule has 0 aliphatic carbocycles. The van der Waals surface area contributed by atoms with Crippen LogP contribution in [-0.4, -0.2) is 49.1 Å². The number of ether oxygens (including phenoxy) is 1. The highest BCUT2D eigenvalue weighted by atomic mass is 16.5. The molecule has 1 aromatic carbocycles. The molecule has 1 unspecified atom stereocenters. The van der Waals surface area contributed by atoms with E-state index in [1.54, 1.807) is 12.1 Å². The molecule has 1 N–H and O–H groups in total. The van der Waals surface area contributed by atoms with Crippen molar-refractivity contribution in [2.75, 3.05) is 27.2 Å². The van der Waals surface area contributed by atoms with Crippen LogP contribution in [0.3, 0.4) is 0 Å². The third-order valence-electron chi connectivity index (χ3n) is 2.52. The van der Waals surface area contributed by atoms with E-state index in [0.717, 1.165) is 0 Å². The van der Waals surface area contributed by atoms with Gasteiger partial charge in [-0.2, -0.15) is 0 Å². The number of likely N-dealkylation sites (N-methyl/N-ethyl adjacent to an activating group) is 1. The van der Waals surface area contributed by atoms with Gasteiger partial charge < -0.3 is 14.7 Å². The van der Waals surface area contributed by atoms with Gasteiger partial charge in [0.05, 0.1) is 5.56 Å². The van der Waals surface area contributed by atoms with E-state index in [4.69, 9.17) is 4.74 Å². The number of nitrogens with zero attached hydrogens (tertiary/aromatic N) is 1. The van der Waals surface area contributed by atoms with Crippen molar-refractivity contribution in [2.45, 2.75) is 19.4 Å². The Balaban J connectivity index is 2.64. The minimum Gasteiger partial charge on any atom is -0.490 e. The Morgan fingerprint density at radius 1 is 1.39 bits per heavy atom. The van der Waals surface area contributed by atoms with Gasteiger partial charge in [-0.25, -0.2) is 0 Å². The summed E-state index contributed by atoms with van der Waals surface area (Å²) in [5.41, 5.74) is 0.581. The van der Waals surface area contributed by atoms with Crippen molar-refractivity contribution in [3.8, 4) is 5.75 Å². The van der Waals surface area contributed by atoms with Crippen molar-refractivity contribution in [2.24, 2.45) is 0 Å². The second-order valence-electron chi connectivity index (χ2n) is 4.50. The van der Waals surface area contributed by atoms with Crippen LogP contribution in [0.5, 0.6) is 5.75 Å². The fraction of sp³-hybridized carbons (Fsp3) is 0.500. The largest absolute Gasteiger partial charge is 0.490 e. The Bertz CT molecular complexity index is 390. The molecule has 0 aliphatic rings. The summed E-state index contributed by atoms with van der Waals surface area (Å²) in [4.78, 5) is 13.6. The highest BCUT2D eigenvalue weighted by Gasteiger charge is 2.12. The molecule has 100 valence electrons. The predicted molar refractivity (Wildman–Crippen MR) is 71.1 cm³/mol. The number of aliphatic hydroxyl groups excluding tert-OH is 1. The van der Waals surface area contributed by atoms with Gasteiger partial charge in [-0.05, 0) is 26.2 Å². The van der Waals surface area contributed by atoms with E-state index < -0.39 is 6.10 Å². The van der Waals surface area contributed by atoms with Crippen LogP contribution in [-0.2, 0) is 0 Å². The standard InChI is InChI=1S/C14H21NO3/c1-4-13(17)12-7-5-6-8-14(12)18-10-11(16)9-15(2)3/h5-8,11,16H,4,9-10H2,1-3H3. The van der Waals surface area contributed by atoms with Gasteiger partial charge in [0, 0.05) is 13.0 Å². The van der Waals surface area contributed by atoms with E-state index in [1.807, 2.05) is 38.1 Å². The van der Waals surface area contributed by atoms with Crippen LogP contribution in [0.4, 0.5) is 0 Å². The maximum Gasteiger partial charge on any atom is 0.166 e. The summed E-state index contributed by atoms with van der Waals surface area (Å²) in [6, 6.07) is 7.14. The van der Waals surface area contributed by atoms with Crippen molar-refractivity contribution >= 4 is 5.78 Å². The average Bonchev–Trinajstić information content (AvgIpc) is 2.35. The first-order valence-corrected chi connectivity index (χ1v) is 6.12. The molecule has 0 saturated heterocycles. The molecule has 1 aromatic rings. The van der Waals surface area contributed by atoms with Crippen molar-refractivity contribution in [1.82, 2.24) is 4.90 Å². The Morgan fingerprint density at radius 3 is 2.67 bits per heavy atom. The molecule has 0 heterocycles. The molecule has 0 saturated carbocycles. The van der Waals surface area contributed by atoms with Crippen LogP contribution in [0.2, 0.25) is 0 Å². The van der Waals surface area contributed by atoms with Gasteiger partial charge in [0.25, 0.3) is 0 Å². The van der Waals surface area contributed by atoms with Crippen LogP contribution in [0.1, 0.15) is 23.7 Å². The van der Waals surface area contributed by atoms with Crippen LogP contribution >= 0.6 is 0 Å². The second kappa shape index (κ2) is 7.13. The number of hydrogen-bond donors (Lipinski definition) is 1. The molecule has 18 heavy (non-hydrogen) atoms. The summed E-state index contributed by atoms with van der Waals surface area (Å²) in [6.07, 6.45) is -0.120. The van der Waals surface area contributed by atoms with Crippen LogP contribution in [0.15, 0.2) is 24.3 Å². The predicted octanol–water partition coefficient (Wildman–Crippen LogP) is 1.58. The molecule has 0 spiro atoms. The van der Waals surface area contributed by atoms with E-state index >= 15 is 0 Å². The fourth-order valence-electron chi connectivity index (χ4n) is 1.67. The first-order valence-electron chi connectivity index (χ1n) is 6.12. The van der Waals surface area contributed by atoms with Gasteiger partial charge >= 0.3 is 0 Å². The van der Waals surface area contributed by atoms with Gasteiger partial charge in [0.15, 0.2) is 5.78 Å². The fourth-order valence-corrected chi connectivity index (χ4v) is 1.67. The topological polar surface area (TPSA) is 49.8 Å². The molecule has 0 bridgehead atoms. The summed E-state index contributed by atoms with van der Waals surface area (Å²) in [5.74, 6) is 0.592. The number of para-hydroxylation sites is 1. The number of rotatable bonds is 7. The first kappa shape index (κ1) is 14.7. The van der Waals surface area contributed by atoms with E-state index in [2.05, 4.69) is 0 Å². The Hall–Kier alpha value is -1.39. The molecule has 1 rings (SSSR count). The number of hydrogen-bond acceptors (Lipinski definition) is 4. The monoisotopic (exact) mass is 251 g/mol. The van der Waals surface area contributed by atoms with Crippen molar-refractivity contribution < 1.29 is 14.6 Å². The second-order valence-corrected chi connectivity index (χ2v) is 4.50. The molecule has 1 atom stereocenters. The summed E-state index contributed by atoms with van der Waals surface area (Å²) in [7, 11) is 3.77. The van der Waals surface area contributed by atoms with Gasteiger partial charge in [-0.3, -0.25) is 4.79 Å². The summed E-state index contributed by atoms with van der Waals surface area (Å²) >= 11 is 0. The highest BCUT2D eigenvalue weighted by molar-refractivity contribution is 5.98. The molecule has 4 nitrogen and oxygen atoms in total. The zero-order valence-electron chi connectivity index (χ0n) is 11.2. The van der Waals surface area contributed by atoms with Crippen LogP contribution < -0.4 is 4.74 Å². The van der Waals surface area contributed by atoms with Crippen molar-refractivity contribution in [3.05, 3.63) is 29.8 Å². The van der Waals surface area contributed by atoms with E-state index in [1.165, 1.54) is 0 Å². The lowest BCUT2D eigenvalue weighted by atomic mass is 10.1. The molecule has 0 fully saturated rings. The smallest absolute Gasteiger partial charge is 0.166 e. The molecule has 0 aromatic heterocycles. The van der Waals surface area contributed by atoms with Gasteiger partial charge in [-0.15, -0.1) is 0 Å². The number of carbonyl (C=O) groups excluding carboxylic acids is 1. The van der Waals surface area contributed by atoms with Crippen LogP contribution in [0, 0.1) is 0 Å². The summed E-state index contributed by atoms with van der Waals surface area (Å²) < 4.78 is 5.53. The molecule has 4 heteroatoms. The van der Waals surface area contributed by atoms with Gasteiger partial charge in [0.2, 0.25) is 0 Å². The lowest BCUT2D eigenvalue weighted by Crippen LogP contribution is -2.30. The molecular formula is C14H21NO3. The maximum atomic E-state index is 11.7. The molecule has 0 radical (unpaired) electrons. The Kier molecular flexibility index (Phi) is 5.82. The third kappa shape index (κ3) is 4.47. The zero-order valence-corrected chi connectivity index (χ0v) is 11.2. The molecule has 0 amide bonds. The van der Waals surface area contributed by atoms with E-state index in [-0.39, 0.29) is 12.4 Å². The Morgan fingerprint density at radius 2 is 2.06 bits per heavy atom. The van der Waals surface area contributed by atoms with Gasteiger partial charge in [0.1, 0.15) is 18.5 Å². The molecule has 0 aliphatic heterocycles. The lowest BCUT2D eigenvalue weighted by Gasteiger charge is -2.17. The zero-order chi connectivity index (χ0) is 13.5. The maximum absolute atomic E-state index is 11.7. The average molecular weight is 251 g/mol.